The first-order valence-corrected chi connectivity index (χ1v) is 6.06. The van der Waals surface area contributed by atoms with Gasteiger partial charge in [0.25, 0.3) is 0 Å². The standard InChI is InChI=1S/C13H26N2O2/c1-6-11(12(16)17)7-8-14-9-13(2,3)10-15(4)5/h7,14H,6,8-10H2,1-5H3,(H,16,17). The van der Waals surface area contributed by atoms with E-state index in [-0.39, 0.29) is 5.41 Å². The molecule has 0 spiro atoms. The van der Waals surface area contributed by atoms with Crippen LogP contribution in [0.25, 0.3) is 0 Å². The number of carbonyl (C=O) groups is 1. The van der Waals surface area contributed by atoms with E-state index in [1.54, 1.807) is 6.08 Å². The summed E-state index contributed by atoms with van der Waals surface area (Å²) in [7, 11) is 4.11. The van der Waals surface area contributed by atoms with E-state index in [1.165, 1.54) is 0 Å². The van der Waals surface area contributed by atoms with Crippen molar-refractivity contribution >= 4 is 5.97 Å². The largest absolute Gasteiger partial charge is 0.478 e. The summed E-state index contributed by atoms with van der Waals surface area (Å²) >= 11 is 0. The predicted octanol–water partition coefficient (Wildman–Crippen LogP) is 1.58. The molecule has 0 atom stereocenters. The van der Waals surface area contributed by atoms with E-state index in [0.29, 0.717) is 18.5 Å². The number of aliphatic carboxylic acids is 1. The summed E-state index contributed by atoms with van der Waals surface area (Å²) in [5.74, 6) is -0.818. The summed E-state index contributed by atoms with van der Waals surface area (Å²) in [5, 5.41) is 12.1. The van der Waals surface area contributed by atoms with Crippen LogP contribution in [0.15, 0.2) is 11.6 Å². The maximum atomic E-state index is 10.8. The summed E-state index contributed by atoms with van der Waals surface area (Å²) in [5.41, 5.74) is 0.662. The Morgan fingerprint density at radius 3 is 2.41 bits per heavy atom. The summed E-state index contributed by atoms with van der Waals surface area (Å²) in [6.45, 7) is 8.74. The maximum absolute atomic E-state index is 10.8. The molecular weight excluding hydrogens is 216 g/mol. The van der Waals surface area contributed by atoms with E-state index in [0.717, 1.165) is 13.1 Å². The Bertz CT molecular complexity index is 271. The van der Waals surface area contributed by atoms with Gasteiger partial charge in [0.15, 0.2) is 0 Å². The van der Waals surface area contributed by atoms with E-state index in [2.05, 4.69) is 38.2 Å². The van der Waals surface area contributed by atoms with Crippen molar-refractivity contribution in [2.75, 3.05) is 33.7 Å². The quantitative estimate of drug-likeness (QED) is 0.501. The highest BCUT2D eigenvalue weighted by Gasteiger charge is 2.17. The molecule has 0 fully saturated rings. The Labute approximate surface area is 105 Å². The molecule has 4 nitrogen and oxygen atoms in total. The molecule has 0 radical (unpaired) electrons. The van der Waals surface area contributed by atoms with Crippen LogP contribution >= 0.6 is 0 Å². The molecule has 0 bridgehead atoms. The Balaban J connectivity index is 4.02. The third-order valence-corrected chi connectivity index (χ3v) is 2.50. The van der Waals surface area contributed by atoms with Crippen molar-refractivity contribution in [3.63, 3.8) is 0 Å². The molecule has 17 heavy (non-hydrogen) atoms. The van der Waals surface area contributed by atoms with Gasteiger partial charge in [0.05, 0.1) is 0 Å². The van der Waals surface area contributed by atoms with Crippen molar-refractivity contribution in [3.8, 4) is 0 Å². The lowest BCUT2D eigenvalue weighted by atomic mass is 9.93. The van der Waals surface area contributed by atoms with Crippen LogP contribution in [-0.2, 0) is 4.79 Å². The normalized spacial score (nSPS) is 13.2. The van der Waals surface area contributed by atoms with Gasteiger partial charge in [0.1, 0.15) is 0 Å². The molecule has 2 N–H and O–H groups in total. The van der Waals surface area contributed by atoms with Crippen molar-refractivity contribution in [2.24, 2.45) is 5.41 Å². The second-order valence-corrected chi connectivity index (χ2v) is 5.42. The highest BCUT2D eigenvalue weighted by molar-refractivity contribution is 5.86. The zero-order chi connectivity index (χ0) is 13.5. The van der Waals surface area contributed by atoms with Gasteiger partial charge in [0.2, 0.25) is 0 Å². The molecule has 0 unspecified atom stereocenters. The van der Waals surface area contributed by atoms with Gasteiger partial charge in [-0.2, -0.15) is 0 Å². The summed E-state index contributed by atoms with van der Waals surface area (Å²) in [4.78, 5) is 12.9. The fraction of sp³-hybridized carbons (Fsp3) is 0.769. The first-order chi connectivity index (χ1) is 7.78. The van der Waals surface area contributed by atoms with Crippen LogP contribution in [0.4, 0.5) is 0 Å². The first-order valence-electron chi connectivity index (χ1n) is 6.06. The first kappa shape index (κ1) is 16.1. The highest BCUT2D eigenvalue weighted by Crippen LogP contribution is 2.13. The molecule has 4 heteroatoms. The van der Waals surface area contributed by atoms with Gasteiger partial charge in [-0.25, -0.2) is 4.79 Å². The van der Waals surface area contributed by atoms with Crippen LogP contribution in [0.2, 0.25) is 0 Å². The number of carboxylic acid groups (broad SMARTS) is 1. The number of hydrogen-bond donors (Lipinski definition) is 2. The van der Waals surface area contributed by atoms with Crippen LogP contribution in [0, 0.1) is 5.41 Å². The molecule has 0 heterocycles. The Morgan fingerprint density at radius 1 is 1.41 bits per heavy atom. The molecule has 0 aliphatic rings. The molecule has 0 saturated heterocycles. The molecule has 0 rings (SSSR count). The van der Waals surface area contributed by atoms with Crippen LogP contribution < -0.4 is 5.32 Å². The van der Waals surface area contributed by atoms with Gasteiger partial charge in [-0.15, -0.1) is 0 Å². The second-order valence-electron chi connectivity index (χ2n) is 5.42. The fourth-order valence-corrected chi connectivity index (χ4v) is 1.90. The van der Waals surface area contributed by atoms with E-state index < -0.39 is 5.97 Å². The number of rotatable bonds is 8. The third kappa shape index (κ3) is 7.94. The Hall–Kier alpha value is -0.870. The monoisotopic (exact) mass is 242 g/mol. The predicted molar refractivity (Wildman–Crippen MR) is 71.2 cm³/mol. The highest BCUT2D eigenvalue weighted by atomic mass is 16.4. The van der Waals surface area contributed by atoms with Gasteiger partial charge in [-0.3, -0.25) is 0 Å². The Kier molecular flexibility index (Phi) is 7.07. The van der Waals surface area contributed by atoms with Crippen molar-refractivity contribution in [2.45, 2.75) is 27.2 Å². The molecular formula is C13H26N2O2. The lowest BCUT2D eigenvalue weighted by Crippen LogP contribution is -2.37. The smallest absolute Gasteiger partial charge is 0.331 e. The van der Waals surface area contributed by atoms with Crippen molar-refractivity contribution in [1.29, 1.82) is 0 Å². The van der Waals surface area contributed by atoms with E-state index in [1.807, 2.05) is 6.92 Å². The van der Waals surface area contributed by atoms with Crippen LogP contribution in [0.5, 0.6) is 0 Å². The summed E-state index contributed by atoms with van der Waals surface area (Å²) in [6, 6.07) is 0. The zero-order valence-corrected chi connectivity index (χ0v) is 11.7. The molecule has 100 valence electrons. The molecule has 0 saturated carbocycles. The number of nitrogens with zero attached hydrogens (tertiary/aromatic N) is 1. The fourth-order valence-electron chi connectivity index (χ4n) is 1.90. The number of hydrogen-bond acceptors (Lipinski definition) is 3. The molecule has 0 aromatic heterocycles. The van der Waals surface area contributed by atoms with Gasteiger partial charge in [-0.1, -0.05) is 26.8 Å². The Morgan fingerprint density at radius 2 is 2.00 bits per heavy atom. The second kappa shape index (κ2) is 7.45. The summed E-state index contributed by atoms with van der Waals surface area (Å²) < 4.78 is 0. The third-order valence-electron chi connectivity index (χ3n) is 2.50. The minimum atomic E-state index is -0.818. The minimum Gasteiger partial charge on any atom is -0.478 e. The average Bonchev–Trinajstić information content (AvgIpc) is 2.14. The van der Waals surface area contributed by atoms with Gasteiger partial charge < -0.3 is 15.3 Å². The molecule has 0 amide bonds. The molecule has 0 aromatic carbocycles. The lowest BCUT2D eigenvalue weighted by Gasteiger charge is -2.28. The van der Waals surface area contributed by atoms with Crippen molar-refractivity contribution in [3.05, 3.63) is 11.6 Å². The number of carboxylic acids is 1. The molecule has 0 aliphatic heterocycles. The van der Waals surface area contributed by atoms with E-state index >= 15 is 0 Å². The van der Waals surface area contributed by atoms with Crippen LogP contribution in [-0.4, -0.2) is 49.7 Å². The van der Waals surface area contributed by atoms with Crippen molar-refractivity contribution in [1.82, 2.24) is 10.2 Å². The van der Waals surface area contributed by atoms with Crippen LogP contribution in [0.1, 0.15) is 27.2 Å². The average molecular weight is 242 g/mol. The molecule has 0 aromatic rings. The van der Waals surface area contributed by atoms with E-state index in [4.69, 9.17) is 5.11 Å². The molecule has 0 aliphatic carbocycles. The van der Waals surface area contributed by atoms with Crippen LogP contribution in [0.3, 0.4) is 0 Å². The number of nitrogens with one attached hydrogen (secondary N) is 1. The van der Waals surface area contributed by atoms with Gasteiger partial charge in [0, 0.05) is 25.2 Å². The van der Waals surface area contributed by atoms with Gasteiger partial charge in [-0.05, 0) is 25.9 Å². The minimum absolute atomic E-state index is 0.187. The summed E-state index contributed by atoms with van der Waals surface area (Å²) in [6.07, 6.45) is 2.33. The lowest BCUT2D eigenvalue weighted by molar-refractivity contribution is -0.132. The maximum Gasteiger partial charge on any atom is 0.331 e. The SMILES string of the molecule is CCC(=CCNCC(C)(C)CN(C)C)C(=O)O. The topological polar surface area (TPSA) is 52.6 Å². The van der Waals surface area contributed by atoms with Crippen molar-refractivity contribution < 1.29 is 9.90 Å². The zero-order valence-electron chi connectivity index (χ0n) is 11.7. The van der Waals surface area contributed by atoms with E-state index in [9.17, 15) is 4.79 Å². The van der Waals surface area contributed by atoms with Gasteiger partial charge >= 0.3 is 5.97 Å².